The molecule has 182 valence electrons. The number of likely N-dealkylation sites (tertiary alicyclic amines) is 1. The van der Waals surface area contributed by atoms with E-state index in [0.29, 0.717) is 61.7 Å². The number of ether oxygens (including phenoxy) is 2. The van der Waals surface area contributed by atoms with Gasteiger partial charge in [-0.05, 0) is 56.5 Å². The molecule has 0 unspecified atom stereocenters. The van der Waals surface area contributed by atoms with Crippen LogP contribution in [0.2, 0.25) is 0 Å². The van der Waals surface area contributed by atoms with E-state index in [4.69, 9.17) is 9.47 Å². The monoisotopic (exact) mass is 476 g/mol. The van der Waals surface area contributed by atoms with Gasteiger partial charge in [0.05, 0.1) is 30.4 Å². The van der Waals surface area contributed by atoms with Crippen LogP contribution in [-0.2, 0) is 16.1 Å². The predicted molar refractivity (Wildman–Crippen MR) is 126 cm³/mol. The average Bonchev–Trinajstić information content (AvgIpc) is 3.40. The molecular weight excluding hydrogens is 448 g/mol. The molecule has 9 heteroatoms. The second-order valence-corrected chi connectivity index (χ2v) is 9.54. The third-order valence-electron chi connectivity index (χ3n) is 7.79. The van der Waals surface area contributed by atoms with Crippen LogP contribution >= 0.6 is 0 Å². The van der Waals surface area contributed by atoms with Crippen LogP contribution in [-0.4, -0.2) is 60.2 Å². The number of hydrogen-bond acceptors (Lipinski definition) is 8. The molecule has 1 aromatic heterocycles. The number of benzene rings is 1. The smallest absolute Gasteiger partial charge is 0.338 e. The Morgan fingerprint density at radius 3 is 2.71 bits per heavy atom. The lowest BCUT2D eigenvalue weighted by molar-refractivity contribution is -0.128. The molecule has 1 aromatic carbocycles. The number of rotatable bonds is 5. The molecule has 0 bridgehead atoms. The highest BCUT2D eigenvalue weighted by molar-refractivity contribution is 5.99. The van der Waals surface area contributed by atoms with Crippen molar-refractivity contribution in [2.24, 2.45) is 5.41 Å². The molecule has 1 spiro atoms. The van der Waals surface area contributed by atoms with E-state index in [1.165, 1.54) is 13.3 Å². The summed E-state index contributed by atoms with van der Waals surface area (Å²) in [4.78, 5) is 33.5. The molecule has 2 fully saturated rings. The fourth-order valence-electron chi connectivity index (χ4n) is 5.57. The normalized spacial score (nSPS) is 20.0. The minimum atomic E-state index is -0.684. The van der Waals surface area contributed by atoms with E-state index in [1.807, 2.05) is 19.1 Å². The fourth-order valence-corrected chi connectivity index (χ4v) is 5.57. The average molecular weight is 477 g/mol. The summed E-state index contributed by atoms with van der Waals surface area (Å²) >= 11 is 0. The first-order chi connectivity index (χ1) is 16.9. The van der Waals surface area contributed by atoms with Crippen molar-refractivity contribution in [2.75, 3.05) is 38.2 Å². The van der Waals surface area contributed by atoms with Crippen molar-refractivity contribution >= 4 is 17.7 Å². The Balaban J connectivity index is 1.23. The Morgan fingerprint density at radius 1 is 1.26 bits per heavy atom. The van der Waals surface area contributed by atoms with Crippen LogP contribution < -0.4 is 9.64 Å². The summed E-state index contributed by atoms with van der Waals surface area (Å²) in [6.45, 7) is 4.65. The van der Waals surface area contributed by atoms with E-state index in [9.17, 15) is 20.0 Å². The topological polar surface area (TPSA) is 116 Å². The van der Waals surface area contributed by atoms with Crippen LogP contribution in [0.3, 0.4) is 0 Å². The van der Waals surface area contributed by atoms with E-state index in [2.05, 4.69) is 9.88 Å². The zero-order chi connectivity index (χ0) is 24.7. The molecule has 2 saturated heterocycles. The number of anilines is 1. The van der Waals surface area contributed by atoms with E-state index in [-0.39, 0.29) is 18.5 Å². The number of pyridine rings is 1. The van der Waals surface area contributed by atoms with Gasteiger partial charge in [-0.15, -0.1) is 0 Å². The largest absolute Gasteiger partial charge is 0.495 e. The number of aliphatic hydroxyl groups is 1. The van der Waals surface area contributed by atoms with Crippen molar-refractivity contribution in [3.05, 3.63) is 52.2 Å². The van der Waals surface area contributed by atoms with E-state index < -0.39 is 11.5 Å². The van der Waals surface area contributed by atoms with Gasteiger partial charge in [0, 0.05) is 24.7 Å². The molecule has 9 nitrogen and oxygen atoms in total. The van der Waals surface area contributed by atoms with Crippen molar-refractivity contribution in [3.63, 3.8) is 0 Å². The van der Waals surface area contributed by atoms with E-state index >= 15 is 0 Å². The van der Waals surface area contributed by atoms with Crippen LogP contribution in [0.1, 0.15) is 58.0 Å². The number of fused-ring (bicyclic) bond motifs is 1. The summed E-state index contributed by atoms with van der Waals surface area (Å²) in [6, 6.07) is 7.24. The standard InChI is InChI=1S/C26H28N4O5/c1-16-18(3-4-19-20(16)15-35-24(19)32)21(31)14-29-8-5-26(6-9-29)7-10-30(25(26)33)23-11-22(34-2)17(12-27)13-28-23/h3-4,11,13,21,31H,5-10,14-15H2,1-2H3/t21-/m0/s1. The van der Waals surface area contributed by atoms with Crippen molar-refractivity contribution in [1.82, 2.24) is 9.88 Å². The van der Waals surface area contributed by atoms with Gasteiger partial charge >= 0.3 is 5.97 Å². The Kier molecular flexibility index (Phi) is 5.95. The van der Waals surface area contributed by atoms with Gasteiger partial charge in [-0.25, -0.2) is 9.78 Å². The van der Waals surface area contributed by atoms with Crippen molar-refractivity contribution in [3.8, 4) is 11.8 Å². The summed E-state index contributed by atoms with van der Waals surface area (Å²) in [7, 11) is 1.49. The quantitative estimate of drug-likeness (QED) is 0.655. The highest BCUT2D eigenvalue weighted by Crippen LogP contribution is 2.43. The number of cyclic esters (lactones) is 1. The summed E-state index contributed by atoms with van der Waals surface area (Å²) in [5.74, 6) is 0.675. The van der Waals surface area contributed by atoms with Gasteiger partial charge in [0.25, 0.3) is 0 Å². The van der Waals surface area contributed by atoms with Crippen LogP contribution in [0.25, 0.3) is 0 Å². The van der Waals surface area contributed by atoms with Gasteiger partial charge < -0.3 is 19.5 Å². The molecule has 0 aliphatic carbocycles. The molecular formula is C26H28N4O5. The number of esters is 1. The SMILES string of the molecule is COc1cc(N2CCC3(CCN(C[C@H](O)c4ccc5c(c4C)COC5=O)CC3)C2=O)ncc1C#N. The lowest BCUT2D eigenvalue weighted by Gasteiger charge is -2.38. The summed E-state index contributed by atoms with van der Waals surface area (Å²) in [5.41, 5.74) is 3.06. The lowest BCUT2D eigenvalue weighted by Crippen LogP contribution is -2.45. The van der Waals surface area contributed by atoms with Gasteiger partial charge in [0.1, 0.15) is 29.8 Å². The minimum Gasteiger partial charge on any atom is -0.495 e. The lowest BCUT2D eigenvalue weighted by atomic mass is 9.77. The highest BCUT2D eigenvalue weighted by atomic mass is 16.5. The fraction of sp³-hybridized carbons (Fsp3) is 0.462. The molecule has 35 heavy (non-hydrogen) atoms. The molecule has 2 aromatic rings. The van der Waals surface area contributed by atoms with Gasteiger partial charge in [0.15, 0.2) is 0 Å². The summed E-state index contributed by atoms with van der Waals surface area (Å²) in [6.07, 6.45) is 2.95. The Morgan fingerprint density at radius 2 is 2.00 bits per heavy atom. The van der Waals surface area contributed by atoms with E-state index in [0.717, 1.165) is 23.1 Å². The Bertz CT molecular complexity index is 1230. The molecule has 3 aliphatic rings. The van der Waals surface area contributed by atoms with Crippen molar-refractivity contribution < 1.29 is 24.2 Å². The molecule has 0 saturated carbocycles. The number of carbonyl (C=O) groups excluding carboxylic acids is 2. The molecule has 0 radical (unpaired) electrons. The van der Waals surface area contributed by atoms with Crippen molar-refractivity contribution in [1.29, 1.82) is 5.26 Å². The number of piperidine rings is 1. The second-order valence-electron chi connectivity index (χ2n) is 9.54. The summed E-state index contributed by atoms with van der Waals surface area (Å²) in [5, 5.41) is 20.1. The summed E-state index contributed by atoms with van der Waals surface area (Å²) < 4.78 is 10.4. The number of hydrogen-bond donors (Lipinski definition) is 1. The minimum absolute atomic E-state index is 0.0658. The molecule has 3 aliphatic heterocycles. The number of aromatic nitrogens is 1. The second kappa shape index (κ2) is 8.95. The Labute approximate surface area is 203 Å². The maximum Gasteiger partial charge on any atom is 0.338 e. The maximum absolute atomic E-state index is 13.4. The third-order valence-corrected chi connectivity index (χ3v) is 7.79. The van der Waals surface area contributed by atoms with Gasteiger partial charge in [-0.1, -0.05) is 6.07 Å². The molecule has 4 heterocycles. The zero-order valence-electron chi connectivity index (χ0n) is 19.9. The highest BCUT2D eigenvalue weighted by Gasteiger charge is 2.49. The van der Waals surface area contributed by atoms with E-state index in [1.54, 1.807) is 17.0 Å². The van der Waals surface area contributed by atoms with Gasteiger partial charge in [-0.2, -0.15) is 5.26 Å². The number of nitriles is 1. The first kappa shape index (κ1) is 23.3. The number of aliphatic hydroxyl groups excluding tert-OH is 1. The van der Waals surface area contributed by atoms with Crippen LogP contribution in [0, 0.1) is 23.7 Å². The number of β-amino-alcohol motifs (C(OH)–C–C–N with tert-alkyl or cyclic N) is 1. The number of methoxy groups -OCH3 is 1. The number of carbonyl (C=O) groups is 2. The van der Waals surface area contributed by atoms with Crippen LogP contribution in [0.15, 0.2) is 24.4 Å². The van der Waals surface area contributed by atoms with Crippen LogP contribution in [0.5, 0.6) is 5.75 Å². The van der Waals surface area contributed by atoms with Gasteiger partial charge in [-0.3, -0.25) is 9.69 Å². The first-order valence-electron chi connectivity index (χ1n) is 11.8. The molecule has 1 atom stereocenters. The number of nitrogens with zero attached hydrogens (tertiary/aromatic N) is 4. The first-order valence-corrected chi connectivity index (χ1v) is 11.8. The Hall–Kier alpha value is -3.48. The maximum atomic E-state index is 13.4. The molecule has 1 amide bonds. The predicted octanol–water partition coefficient (Wildman–Crippen LogP) is 2.49. The zero-order valence-corrected chi connectivity index (χ0v) is 19.9. The van der Waals surface area contributed by atoms with Gasteiger partial charge in [0.2, 0.25) is 5.91 Å². The van der Waals surface area contributed by atoms with Crippen molar-refractivity contribution in [2.45, 2.75) is 38.9 Å². The third kappa shape index (κ3) is 3.93. The molecule has 1 N–H and O–H groups in total. The van der Waals surface area contributed by atoms with Crippen LogP contribution in [0.4, 0.5) is 5.82 Å². The molecule has 5 rings (SSSR count). The number of amides is 1.